The second kappa shape index (κ2) is 29.4. The molecule has 0 aliphatic rings. The predicted molar refractivity (Wildman–Crippen MR) is 212 cm³/mol. The summed E-state index contributed by atoms with van der Waals surface area (Å²) in [6, 6.07) is 0. The number of hydrogen-bond acceptors (Lipinski definition) is 12. The molecule has 5 unspecified atom stereocenters. The Kier molecular flexibility index (Phi) is 27.8. The molecule has 2 N–H and O–H groups in total. The van der Waals surface area contributed by atoms with E-state index in [2.05, 4.69) is 37.6 Å². The second-order valence-corrected chi connectivity index (χ2v) is 14.3. The number of nitrogens with one attached hydrogen (secondary N) is 2. The third kappa shape index (κ3) is 23.1. The van der Waals surface area contributed by atoms with E-state index in [0.29, 0.717) is 76.7 Å². The highest BCUT2D eigenvalue weighted by molar-refractivity contribution is 5.87. The van der Waals surface area contributed by atoms with Crippen LogP contribution in [0, 0.1) is 5.41 Å². The van der Waals surface area contributed by atoms with Crippen LogP contribution in [0.25, 0.3) is 0 Å². The average molecular weight is 787 g/mol. The first-order valence-electron chi connectivity index (χ1n) is 19.9. The first-order chi connectivity index (χ1) is 26.0. The molecule has 0 bridgehead atoms. The van der Waals surface area contributed by atoms with Crippen molar-refractivity contribution in [2.75, 3.05) is 72.6 Å². The number of rotatable bonds is 34. The van der Waals surface area contributed by atoms with E-state index in [-0.39, 0.29) is 56.4 Å². The van der Waals surface area contributed by atoms with Crippen molar-refractivity contribution >= 4 is 23.8 Å². The molecule has 0 aliphatic carbocycles. The minimum atomic E-state index is -1.05. The van der Waals surface area contributed by atoms with E-state index in [4.69, 9.17) is 37.9 Å². The molecule has 0 radical (unpaired) electrons. The number of hydrogen-bond donors (Lipinski definition) is 2. The van der Waals surface area contributed by atoms with Crippen molar-refractivity contribution in [3.8, 4) is 0 Å². The van der Waals surface area contributed by atoms with Crippen molar-refractivity contribution in [2.24, 2.45) is 5.41 Å². The normalized spacial score (nSPS) is 15.7. The molecule has 0 aromatic carbocycles. The van der Waals surface area contributed by atoms with E-state index in [0.717, 1.165) is 19.3 Å². The van der Waals surface area contributed by atoms with Crippen molar-refractivity contribution in [2.45, 2.75) is 138 Å². The number of ether oxygens (including phenoxy) is 8. The van der Waals surface area contributed by atoms with Crippen LogP contribution >= 0.6 is 0 Å². The Hall–Kier alpha value is -2.88. The fourth-order valence-electron chi connectivity index (χ4n) is 4.76. The highest BCUT2D eigenvalue weighted by atomic mass is 16.5. The van der Waals surface area contributed by atoms with Crippen molar-refractivity contribution < 1.29 is 57.1 Å². The van der Waals surface area contributed by atoms with Gasteiger partial charge in [0.15, 0.2) is 0 Å². The van der Waals surface area contributed by atoms with E-state index in [9.17, 15) is 19.2 Å². The van der Waals surface area contributed by atoms with Crippen LogP contribution in [0.1, 0.15) is 108 Å². The zero-order valence-corrected chi connectivity index (χ0v) is 35.6. The van der Waals surface area contributed by atoms with Crippen LogP contribution in [-0.4, -0.2) is 126 Å². The maximum absolute atomic E-state index is 13.0. The van der Waals surface area contributed by atoms with E-state index in [1.165, 1.54) is 0 Å². The van der Waals surface area contributed by atoms with Gasteiger partial charge in [-0.3, -0.25) is 9.59 Å². The second-order valence-electron chi connectivity index (χ2n) is 14.3. The lowest BCUT2D eigenvalue weighted by atomic mass is 9.87. The summed E-state index contributed by atoms with van der Waals surface area (Å²) in [4.78, 5) is 48.5. The number of carbonyl (C=O) groups is 4. The van der Waals surface area contributed by atoms with Gasteiger partial charge in [0, 0.05) is 29.8 Å². The molecule has 0 aromatic heterocycles. The van der Waals surface area contributed by atoms with Gasteiger partial charge in [0.05, 0.1) is 64.4 Å². The van der Waals surface area contributed by atoms with Gasteiger partial charge in [-0.2, -0.15) is 0 Å². The molecule has 14 heteroatoms. The maximum atomic E-state index is 13.0. The molecule has 6 atom stereocenters. The summed E-state index contributed by atoms with van der Waals surface area (Å²) in [7, 11) is 0. The SMILES string of the molecule is C=C(C)C(=O)OCCNC(=O)C(C)OCCC(C)OCC(CC)(COC(CC)CCOC(C)(CC)C(=O)NCCOC(=O)C(=C)C)CO[C@H](C)CCOCC. The quantitative estimate of drug-likeness (QED) is 0.0495. The molecule has 0 heterocycles. The number of amides is 2. The van der Waals surface area contributed by atoms with Crippen LogP contribution < -0.4 is 10.6 Å². The molecule has 2 amide bonds. The van der Waals surface area contributed by atoms with Crippen LogP contribution in [0.4, 0.5) is 0 Å². The third-order valence-corrected chi connectivity index (χ3v) is 9.28. The fourth-order valence-corrected chi connectivity index (χ4v) is 4.76. The van der Waals surface area contributed by atoms with E-state index in [1.54, 1.807) is 27.7 Å². The highest BCUT2D eigenvalue weighted by Crippen LogP contribution is 2.28. The average Bonchev–Trinajstić information content (AvgIpc) is 3.16. The van der Waals surface area contributed by atoms with Gasteiger partial charge < -0.3 is 48.5 Å². The Bertz CT molecular complexity index is 1150. The Morgan fingerprint density at radius 1 is 0.655 bits per heavy atom. The van der Waals surface area contributed by atoms with Crippen molar-refractivity contribution in [1.82, 2.24) is 10.6 Å². The van der Waals surface area contributed by atoms with Crippen LogP contribution in [-0.2, 0) is 57.1 Å². The molecular formula is C41H74N2O12. The molecule has 0 aliphatic heterocycles. The monoisotopic (exact) mass is 787 g/mol. The molecule has 0 fully saturated rings. The van der Waals surface area contributed by atoms with E-state index in [1.807, 2.05) is 27.7 Å². The summed E-state index contributed by atoms with van der Waals surface area (Å²) < 4.78 is 46.7. The smallest absolute Gasteiger partial charge is 0.333 e. The van der Waals surface area contributed by atoms with Crippen LogP contribution in [0.3, 0.4) is 0 Å². The molecule has 14 nitrogen and oxygen atoms in total. The Morgan fingerprint density at radius 2 is 1.18 bits per heavy atom. The maximum Gasteiger partial charge on any atom is 0.333 e. The number of carbonyl (C=O) groups excluding carboxylic acids is 4. The summed E-state index contributed by atoms with van der Waals surface area (Å²) in [5, 5.41) is 5.49. The fraction of sp³-hybridized carbons (Fsp3) is 0.805. The van der Waals surface area contributed by atoms with Crippen molar-refractivity contribution in [1.29, 1.82) is 0 Å². The molecular weight excluding hydrogens is 712 g/mol. The molecule has 320 valence electrons. The largest absolute Gasteiger partial charge is 0.460 e. The Balaban J connectivity index is 5.21. The summed E-state index contributed by atoms with van der Waals surface area (Å²) in [6.07, 6.45) is 2.90. The summed E-state index contributed by atoms with van der Waals surface area (Å²) in [6.45, 7) is 29.2. The van der Waals surface area contributed by atoms with Gasteiger partial charge in [-0.05, 0) is 87.0 Å². The van der Waals surface area contributed by atoms with Gasteiger partial charge in [0.2, 0.25) is 5.91 Å². The van der Waals surface area contributed by atoms with Crippen LogP contribution in [0.5, 0.6) is 0 Å². The zero-order chi connectivity index (χ0) is 41.9. The van der Waals surface area contributed by atoms with Crippen LogP contribution in [0.2, 0.25) is 0 Å². The van der Waals surface area contributed by atoms with Gasteiger partial charge >= 0.3 is 11.9 Å². The summed E-state index contributed by atoms with van der Waals surface area (Å²) >= 11 is 0. The first-order valence-corrected chi connectivity index (χ1v) is 19.9. The first kappa shape index (κ1) is 52.1. The van der Waals surface area contributed by atoms with Gasteiger partial charge in [-0.1, -0.05) is 33.9 Å². The summed E-state index contributed by atoms with van der Waals surface area (Å²) in [5.74, 6) is -1.57. The molecule has 0 saturated carbocycles. The van der Waals surface area contributed by atoms with Crippen molar-refractivity contribution in [3.63, 3.8) is 0 Å². The van der Waals surface area contributed by atoms with Gasteiger partial charge in [-0.25, -0.2) is 9.59 Å². The van der Waals surface area contributed by atoms with Gasteiger partial charge in [0.25, 0.3) is 5.91 Å². The Morgan fingerprint density at radius 3 is 1.67 bits per heavy atom. The lowest BCUT2D eigenvalue weighted by Gasteiger charge is -2.36. The Labute approximate surface area is 331 Å². The molecule has 0 spiro atoms. The zero-order valence-electron chi connectivity index (χ0n) is 35.6. The molecule has 0 saturated heterocycles. The third-order valence-electron chi connectivity index (χ3n) is 9.28. The minimum Gasteiger partial charge on any atom is -0.460 e. The molecule has 0 aromatic rings. The molecule has 55 heavy (non-hydrogen) atoms. The van der Waals surface area contributed by atoms with Crippen LogP contribution in [0.15, 0.2) is 24.3 Å². The predicted octanol–water partition coefficient (Wildman–Crippen LogP) is 5.26. The van der Waals surface area contributed by atoms with E-state index >= 15 is 0 Å². The van der Waals surface area contributed by atoms with Gasteiger partial charge in [0.1, 0.15) is 24.9 Å². The van der Waals surface area contributed by atoms with Crippen molar-refractivity contribution in [3.05, 3.63) is 24.3 Å². The lowest BCUT2D eigenvalue weighted by Crippen LogP contribution is -2.47. The minimum absolute atomic E-state index is 0.0134. The standard InChI is InChI=1S/C41H74N2O12/c1-13-35(19-24-55-40(12,14-2)39(47)43-21-26-51-38(46)31(7)8)54-29-41(15-3,27-52-32(9)17-22-48-16-4)28-53-33(10)18-23-49-34(11)36(44)42-20-25-50-37(45)30(5)6/h32-35H,5,7,13-29H2,1-4,6,8-12H3,(H,42,44)(H,43,47)/t32-,33?,34?,35?,40?,41?/m1/s1. The highest BCUT2D eigenvalue weighted by Gasteiger charge is 2.34. The number of esters is 2. The summed E-state index contributed by atoms with van der Waals surface area (Å²) in [5.41, 5.74) is -0.886. The van der Waals surface area contributed by atoms with E-state index < -0.39 is 29.1 Å². The topological polar surface area (TPSA) is 166 Å². The molecule has 0 rings (SSSR count). The van der Waals surface area contributed by atoms with Gasteiger partial charge in [-0.15, -0.1) is 0 Å². The lowest BCUT2D eigenvalue weighted by molar-refractivity contribution is -0.149.